The van der Waals surface area contributed by atoms with Gasteiger partial charge in [-0.3, -0.25) is 25.7 Å². The minimum atomic E-state index is -0.476. The highest BCUT2D eigenvalue weighted by Gasteiger charge is 2.11. The first-order chi connectivity index (χ1) is 11.0. The highest BCUT2D eigenvalue weighted by Crippen LogP contribution is 2.12. The molecule has 0 unspecified atom stereocenters. The van der Waals surface area contributed by atoms with Gasteiger partial charge in [-0.2, -0.15) is 0 Å². The van der Waals surface area contributed by atoms with Crippen LogP contribution in [0.4, 0.5) is 5.69 Å². The first kappa shape index (κ1) is 17.0. The molecule has 1 fully saturated rings. The molecule has 0 aliphatic carbocycles. The van der Waals surface area contributed by atoms with Crippen molar-refractivity contribution in [3.05, 3.63) is 46.0 Å². The number of morpholine rings is 1. The van der Waals surface area contributed by atoms with Gasteiger partial charge in [-0.15, -0.1) is 0 Å². The topological polar surface area (TPSA) is 96.7 Å². The number of nitrogens with zero attached hydrogens (tertiary/aromatic N) is 2. The summed E-state index contributed by atoms with van der Waals surface area (Å²) in [6.45, 7) is 2.61. The number of ether oxygens (including phenoxy) is 1. The second-order valence-electron chi connectivity index (χ2n) is 4.71. The zero-order chi connectivity index (χ0) is 16.7. The van der Waals surface area contributed by atoms with Gasteiger partial charge >= 0.3 is 0 Å². The summed E-state index contributed by atoms with van der Waals surface area (Å²) in [5, 5.41) is 15.2. The van der Waals surface area contributed by atoms with E-state index in [0.717, 1.165) is 0 Å². The molecule has 8 nitrogen and oxygen atoms in total. The van der Waals surface area contributed by atoms with E-state index < -0.39 is 4.92 Å². The number of rotatable bonds is 4. The van der Waals surface area contributed by atoms with Gasteiger partial charge in [0, 0.05) is 31.3 Å². The molecule has 1 heterocycles. The van der Waals surface area contributed by atoms with Gasteiger partial charge in [0.15, 0.2) is 5.11 Å². The summed E-state index contributed by atoms with van der Waals surface area (Å²) >= 11 is 5.05. The standard InChI is InChI=1S/C14H16N4O4S/c19-13(15-14(23)16-17-7-9-22-10-8-17)6-3-11-1-4-12(5-2-11)18(20)21/h1-6H,7-10H2,(H2,15,16,19,23)/b6-3+. The Hall–Kier alpha value is -2.36. The number of hydrogen-bond acceptors (Lipinski definition) is 6. The minimum Gasteiger partial charge on any atom is -0.379 e. The Morgan fingerprint density at radius 2 is 1.96 bits per heavy atom. The van der Waals surface area contributed by atoms with E-state index in [4.69, 9.17) is 17.0 Å². The minimum absolute atomic E-state index is 0.00231. The van der Waals surface area contributed by atoms with E-state index in [0.29, 0.717) is 31.9 Å². The Bertz CT molecular complexity index is 612. The first-order valence-electron chi connectivity index (χ1n) is 6.91. The molecule has 1 aromatic carbocycles. The number of amides is 1. The Morgan fingerprint density at radius 1 is 1.30 bits per heavy atom. The van der Waals surface area contributed by atoms with Crippen molar-refractivity contribution >= 4 is 35.0 Å². The van der Waals surface area contributed by atoms with Crippen molar-refractivity contribution < 1.29 is 14.5 Å². The molecule has 1 aliphatic rings. The Kier molecular flexibility index (Phi) is 6.15. The average Bonchev–Trinajstić information content (AvgIpc) is 2.54. The lowest BCUT2D eigenvalue weighted by molar-refractivity contribution is -0.384. The number of non-ortho nitro benzene ring substituents is 1. The number of carbonyl (C=O) groups excluding carboxylic acids is 1. The average molecular weight is 336 g/mol. The fourth-order valence-corrected chi connectivity index (χ4v) is 2.11. The Labute approximate surface area is 138 Å². The van der Waals surface area contributed by atoms with Crippen LogP contribution in [0.3, 0.4) is 0 Å². The predicted octanol–water partition coefficient (Wildman–Crippen LogP) is 0.846. The van der Waals surface area contributed by atoms with Crippen molar-refractivity contribution in [3.8, 4) is 0 Å². The third kappa shape index (κ3) is 5.74. The highest BCUT2D eigenvalue weighted by molar-refractivity contribution is 7.80. The number of nitrogens with one attached hydrogen (secondary N) is 2. The van der Waals surface area contributed by atoms with Gasteiger partial charge in [-0.1, -0.05) is 0 Å². The molecule has 0 saturated carbocycles. The van der Waals surface area contributed by atoms with Gasteiger partial charge < -0.3 is 4.74 Å². The van der Waals surface area contributed by atoms with E-state index >= 15 is 0 Å². The molecule has 2 rings (SSSR count). The van der Waals surface area contributed by atoms with Crippen LogP contribution in [0, 0.1) is 10.1 Å². The zero-order valence-electron chi connectivity index (χ0n) is 12.2. The molecule has 122 valence electrons. The number of thiocarbonyl (C=S) groups is 1. The molecule has 23 heavy (non-hydrogen) atoms. The van der Waals surface area contributed by atoms with Crippen LogP contribution in [0.2, 0.25) is 0 Å². The molecule has 0 bridgehead atoms. The van der Waals surface area contributed by atoms with E-state index in [1.165, 1.54) is 18.2 Å². The third-order valence-electron chi connectivity index (χ3n) is 3.04. The summed E-state index contributed by atoms with van der Waals surface area (Å²) in [6.07, 6.45) is 2.87. The number of hydrazine groups is 1. The summed E-state index contributed by atoms with van der Waals surface area (Å²) in [4.78, 5) is 21.8. The van der Waals surface area contributed by atoms with Gasteiger partial charge in [0.1, 0.15) is 0 Å². The second-order valence-corrected chi connectivity index (χ2v) is 5.12. The number of hydrogen-bond donors (Lipinski definition) is 2. The summed E-state index contributed by atoms with van der Waals surface area (Å²) < 4.78 is 5.21. The lowest BCUT2D eigenvalue weighted by atomic mass is 10.2. The maximum Gasteiger partial charge on any atom is 0.269 e. The molecule has 0 radical (unpaired) electrons. The molecule has 1 saturated heterocycles. The van der Waals surface area contributed by atoms with Gasteiger partial charge in [0.2, 0.25) is 5.91 Å². The van der Waals surface area contributed by atoms with Crippen LogP contribution in [0.1, 0.15) is 5.56 Å². The van der Waals surface area contributed by atoms with Crippen molar-refractivity contribution in [1.82, 2.24) is 15.8 Å². The Balaban J connectivity index is 1.81. The highest BCUT2D eigenvalue weighted by atomic mass is 32.1. The SMILES string of the molecule is O=C(/C=C/c1ccc([N+](=O)[O-])cc1)NC(=S)NN1CCOCC1. The molecule has 0 aromatic heterocycles. The van der Waals surface area contributed by atoms with E-state index in [2.05, 4.69) is 10.7 Å². The lowest BCUT2D eigenvalue weighted by Crippen LogP contribution is -2.52. The predicted molar refractivity (Wildman–Crippen MR) is 88.4 cm³/mol. The number of nitro benzene ring substituents is 1. The van der Waals surface area contributed by atoms with Gasteiger partial charge in [0.25, 0.3) is 5.69 Å². The summed E-state index contributed by atoms with van der Waals surface area (Å²) in [7, 11) is 0. The molecule has 1 amide bonds. The van der Waals surface area contributed by atoms with Crippen LogP contribution in [-0.2, 0) is 9.53 Å². The van der Waals surface area contributed by atoms with Crippen LogP contribution in [0.15, 0.2) is 30.3 Å². The number of nitro groups is 1. The normalized spacial score (nSPS) is 15.3. The molecule has 2 N–H and O–H groups in total. The Morgan fingerprint density at radius 3 is 2.57 bits per heavy atom. The van der Waals surface area contributed by atoms with Gasteiger partial charge in [-0.25, -0.2) is 5.01 Å². The fourth-order valence-electron chi connectivity index (χ4n) is 1.88. The van der Waals surface area contributed by atoms with E-state index in [1.807, 2.05) is 5.01 Å². The molecule has 9 heteroatoms. The zero-order valence-corrected chi connectivity index (χ0v) is 13.0. The fraction of sp³-hybridized carbons (Fsp3) is 0.286. The smallest absolute Gasteiger partial charge is 0.269 e. The van der Waals surface area contributed by atoms with Crippen molar-refractivity contribution in [1.29, 1.82) is 0 Å². The molecule has 0 atom stereocenters. The van der Waals surface area contributed by atoms with Crippen LogP contribution < -0.4 is 10.7 Å². The summed E-state index contributed by atoms with van der Waals surface area (Å²) in [6, 6.07) is 5.88. The van der Waals surface area contributed by atoms with Crippen molar-refractivity contribution in [2.45, 2.75) is 0 Å². The van der Waals surface area contributed by atoms with Crippen molar-refractivity contribution in [2.24, 2.45) is 0 Å². The van der Waals surface area contributed by atoms with E-state index in [1.54, 1.807) is 18.2 Å². The monoisotopic (exact) mass is 336 g/mol. The number of carbonyl (C=O) groups is 1. The van der Waals surface area contributed by atoms with Crippen LogP contribution in [0.5, 0.6) is 0 Å². The van der Waals surface area contributed by atoms with Crippen LogP contribution in [0.25, 0.3) is 6.08 Å². The quantitative estimate of drug-likeness (QED) is 0.364. The number of benzene rings is 1. The van der Waals surface area contributed by atoms with Crippen LogP contribution >= 0.6 is 12.2 Å². The maximum atomic E-state index is 11.8. The van der Waals surface area contributed by atoms with E-state index in [9.17, 15) is 14.9 Å². The maximum absolute atomic E-state index is 11.8. The van der Waals surface area contributed by atoms with Crippen molar-refractivity contribution in [2.75, 3.05) is 26.3 Å². The summed E-state index contributed by atoms with van der Waals surface area (Å²) in [5.74, 6) is -0.380. The van der Waals surface area contributed by atoms with Crippen molar-refractivity contribution in [3.63, 3.8) is 0 Å². The largest absolute Gasteiger partial charge is 0.379 e. The van der Waals surface area contributed by atoms with Crippen LogP contribution in [-0.4, -0.2) is 47.3 Å². The third-order valence-corrected chi connectivity index (χ3v) is 3.23. The lowest BCUT2D eigenvalue weighted by Gasteiger charge is -2.27. The molecular formula is C14H16N4O4S. The first-order valence-corrected chi connectivity index (χ1v) is 7.32. The molecule has 1 aromatic rings. The van der Waals surface area contributed by atoms with Gasteiger partial charge in [-0.05, 0) is 36.0 Å². The van der Waals surface area contributed by atoms with Gasteiger partial charge in [0.05, 0.1) is 18.1 Å². The molecular weight excluding hydrogens is 320 g/mol. The second kappa shape index (κ2) is 8.32. The molecule has 1 aliphatic heterocycles. The summed E-state index contributed by atoms with van der Waals surface area (Å²) in [5.41, 5.74) is 3.59. The van der Waals surface area contributed by atoms with E-state index in [-0.39, 0.29) is 16.7 Å². The molecule has 0 spiro atoms.